The Balaban J connectivity index is 2.43. The maximum atomic E-state index is 8.72. The number of allylic oxidation sites excluding steroid dienone is 10. The molecule has 13 heavy (non-hydrogen) atoms. The van der Waals surface area contributed by atoms with E-state index in [1.807, 2.05) is 30.4 Å². The minimum atomic E-state index is 0.711. The standard InChI is InChI=1S/C12H9N/c13-9-10-5-7-11-3-1-2-4-12(11)8-6-10/h1-3,5-8H,4H2. The van der Waals surface area contributed by atoms with Crippen LogP contribution in [0.25, 0.3) is 0 Å². The van der Waals surface area contributed by atoms with E-state index in [4.69, 9.17) is 5.26 Å². The van der Waals surface area contributed by atoms with Gasteiger partial charge in [-0.3, -0.25) is 0 Å². The van der Waals surface area contributed by atoms with Crippen molar-refractivity contribution in [1.82, 2.24) is 0 Å². The second-order valence-electron chi connectivity index (χ2n) is 3.01. The fourth-order valence-electron chi connectivity index (χ4n) is 1.42. The Kier molecular flexibility index (Phi) is 1.97. The fourth-order valence-corrected chi connectivity index (χ4v) is 1.42. The highest BCUT2D eigenvalue weighted by atomic mass is 14.2. The van der Waals surface area contributed by atoms with Crippen molar-refractivity contribution in [3.63, 3.8) is 0 Å². The third kappa shape index (κ3) is 1.52. The molecule has 0 aromatic heterocycles. The zero-order valence-electron chi connectivity index (χ0n) is 7.20. The van der Waals surface area contributed by atoms with Crippen LogP contribution in [0.3, 0.4) is 0 Å². The molecule has 0 saturated carbocycles. The molecule has 0 N–H and O–H groups in total. The predicted octanol–water partition coefficient (Wildman–Crippen LogP) is 2.82. The Hall–Kier alpha value is -1.81. The Morgan fingerprint density at radius 1 is 1.15 bits per heavy atom. The highest BCUT2D eigenvalue weighted by Gasteiger charge is 2.05. The van der Waals surface area contributed by atoms with Crippen LogP contribution in [0.15, 0.2) is 59.3 Å². The molecule has 2 rings (SSSR count). The first-order valence-electron chi connectivity index (χ1n) is 4.26. The summed E-state index contributed by atoms with van der Waals surface area (Å²) in [5, 5.41) is 8.72. The van der Waals surface area contributed by atoms with E-state index in [0.717, 1.165) is 6.42 Å². The zero-order valence-corrected chi connectivity index (χ0v) is 7.20. The first-order chi connectivity index (χ1) is 6.40. The zero-order chi connectivity index (χ0) is 9.10. The smallest absolute Gasteiger partial charge is 0.0991 e. The van der Waals surface area contributed by atoms with Gasteiger partial charge in [0, 0.05) is 0 Å². The summed E-state index contributed by atoms with van der Waals surface area (Å²) in [6, 6.07) is 2.14. The Morgan fingerprint density at radius 2 is 2.08 bits per heavy atom. The summed E-state index contributed by atoms with van der Waals surface area (Å²) in [7, 11) is 0. The molecule has 0 aromatic rings. The molecular weight excluding hydrogens is 158 g/mol. The van der Waals surface area contributed by atoms with Crippen molar-refractivity contribution < 1.29 is 0 Å². The third-order valence-corrected chi connectivity index (χ3v) is 2.16. The molecular formula is C12H9N. The molecule has 0 amide bonds. The van der Waals surface area contributed by atoms with Gasteiger partial charge in [0.15, 0.2) is 0 Å². The van der Waals surface area contributed by atoms with E-state index >= 15 is 0 Å². The normalized spacial score (nSPS) is 19.2. The van der Waals surface area contributed by atoms with E-state index in [1.165, 1.54) is 11.1 Å². The van der Waals surface area contributed by atoms with E-state index in [0.29, 0.717) is 5.57 Å². The summed E-state index contributed by atoms with van der Waals surface area (Å²) in [6.07, 6.45) is 14.9. The molecule has 0 atom stereocenters. The molecule has 0 spiro atoms. The van der Waals surface area contributed by atoms with E-state index in [-0.39, 0.29) is 0 Å². The van der Waals surface area contributed by atoms with Gasteiger partial charge in [0.1, 0.15) is 0 Å². The lowest BCUT2D eigenvalue weighted by molar-refractivity contribution is 1.22. The largest absolute Gasteiger partial charge is 0.192 e. The summed E-state index contributed by atoms with van der Waals surface area (Å²) in [5.74, 6) is 0. The van der Waals surface area contributed by atoms with Crippen LogP contribution in [0.5, 0.6) is 0 Å². The lowest BCUT2D eigenvalue weighted by atomic mass is 9.98. The molecule has 0 saturated heterocycles. The molecule has 62 valence electrons. The van der Waals surface area contributed by atoms with Crippen LogP contribution < -0.4 is 0 Å². The van der Waals surface area contributed by atoms with Gasteiger partial charge in [0.25, 0.3) is 0 Å². The minimum absolute atomic E-state index is 0.711. The monoisotopic (exact) mass is 167 g/mol. The van der Waals surface area contributed by atoms with E-state index < -0.39 is 0 Å². The van der Waals surface area contributed by atoms with E-state index in [2.05, 4.69) is 18.2 Å². The quantitative estimate of drug-likeness (QED) is 0.544. The Morgan fingerprint density at radius 3 is 2.92 bits per heavy atom. The van der Waals surface area contributed by atoms with Crippen LogP contribution in [-0.4, -0.2) is 0 Å². The van der Waals surface area contributed by atoms with Gasteiger partial charge < -0.3 is 0 Å². The van der Waals surface area contributed by atoms with Gasteiger partial charge in [-0.1, -0.05) is 30.4 Å². The van der Waals surface area contributed by atoms with Crippen LogP contribution in [0.2, 0.25) is 0 Å². The molecule has 1 heteroatoms. The van der Waals surface area contributed by atoms with Gasteiger partial charge in [-0.05, 0) is 29.7 Å². The van der Waals surface area contributed by atoms with Crippen LogP contribution in [0.1, 0.15) is 6.42 Å². The minimum Gasteiger partial charge on any atom is -0.192 e. The Labute approximate surface area is 77.7 Å². The maximum Gasteiger partial charge on any atom is 0.0991 e. The number of rotatable bonds is 0. The van der Waals surface area contributed by atoms with E-state index in [1.54, 1.807) is 0 Å². The van der Waals surface area contributed by atoms with Crippen LogP contribution >= 0.6 is 0 Å². The number of nitriles is 1. The Bertz CT molecular complexity index is 409. The maximum absolute atomic E-state index is 8.72. The third-order valence-electron chi connectivity index (χ3n) is 2.16. The van der Waals surface area contributed by atoms with Gasteiger partial charge in [0.05, 0.1) is 11.6 Å². The summed E-state index contributed by atoms with van der Waals surface area (Å²) >= 11 is 0. The second kappa shape index (κ2) is 3.28. The average molecular weight is 167 g/mol. The van der Waals surface area contributed by atoms with Crippen molar-refractivity contribution in [3.8, 4) is 6.07 Å². The average Bonchev–Trinajstić information content (AvgIpc) is 2.39. The first kappa shape index (κ1) is 7.82. The van der Waals surface area contributed by atoms with Crippen molar-refractivity contribution in [2.24, 2.45) is 0 Å². The van der Waals surface area contributed by atoms with Crippen LogP contribution in [0.4, 0.5) is 0 Å². The first-order valence-corrected chi connectivity index (χ1v) is 4.26. The highest BCUT2D eigenvalue weighted by molar-refractivity contribution is 5.53. The summed E-state index contributed by atoms with van der Waals surface area (Å²) in [5.41, 5.74) is 3.20. The lowest BCUT2D eigenvalue weighted by Crippen LogP contribution is -1.88. The highest BCUT2D eigenvalue weighted by Crippen LogP contribution is 2.23. The molecule has 2 aliphatic carbocycles. The van der Waals surface area contributed by atoms with E-state index in [9.17, 15) is 0 Å². The molecule has 0 bridgehead atoms. The second-order valence-corrected chi connectivity index (χ2v) is 3.01. The van der Waals surface area contributed by atoms with Gasteiger partial charge in [-0.15, -0.1) is 0 Å². The fraction of sp³-hybridized carbons (Fsp3) is 0.0833. The molecule has 2 aliphatic rings. The van der Waals surface area contributed by atoms with Gasteiger partial charge in [-0.25, -0.2) is 0 Å². The predicted molar refractivity (Wildman–Crippen MR) is 52.8 cm³/mol. The van der Waals surface area contributed by atoms with Crippen molar-refractivity contribution in [2.75, 3.05) is 0 Å². The molecule has 1 nitrogen and oxygen atoms in total. The van der Waals surface area contributed by atoms with Gasteiger partial charge >= 0.3 is 0 Å². The molecule has 0 fully saturated rings. The van der Waals surface area contributed by atoms with Crippen molar-refractivity contribution in [1.29, 1.82) is 5.26 Å². The summed E-state index contributed by atoms with van der Waals surface area (Å²) < 4.78 is 0. The molecule has 0 aromatic carbocycles. The number of hydrogen-bond acceptors (Lipinski definition) is 1. The summed E-state index contributed by atoms with van der Waals surface area (Å²) in [6.45, 7) is 0. The number of fused-ring (bicyclic) bond motifs is 1. The number of hydrogen-bond donors (Lipinski definition) is 0. The number of nitrogens with zero attached hydrogens (tertiary/aromatic N) is 1. The molecule has 0 unspecified atom stereocenters. The SMILES string of the molecule is N#CC1=CC=C2CC=CC=C2C=C1. The van der Waals surface area contributed by atoms with Crippen molar-refractivity contribution in [2.45, 2.75) is 6.42 Å². The van der Waals surface area contributed by atoms with Crippen molar-refractivity contribution >= 4 is 0 Å². The lowest BCUT2D eigenvalue weighted by Gasteiger charge is -2.07. The van der Waals surface area contributed by atoms with Crippen molar-refractivity contribution in [3.05, 3.63) is 59.3 Å². The molecule has 0 radical (unpaired) electrons. The van der Waals surface area contributed by atoms with Crippen LogP contribution in [-0.2, 0) is 0 Å². The molecule has 0 heterocycles. The van der Waals surface area contributed by atoms with Gasteiger partial charge in [-0.2, -0.15) is 5.26 Å². The summed E-state index contributed by atoms with van der Waals surface area (Å²) in [4.78, 5) is 0. The van der Waals surface area contributed by atoms with Crippen LogP contribution in [0, 0.1) is 11.3 Å². The molecule has 0 aliphatic heterocycles. The topological polar surface area (TPSA) is 23.8 Å². The van der Waals surface area contributed by atoms with Gasteiger partial charge in [0.2, 0.25) is 0 Å².